The lowest BCUT2D eigenvalue weighted by Crippen LogP contribution is -2.12. The number of ether oxygens (including phenoxy) is 2. The molecule has 0 radical (unpaired) electrons. The molecule has 0 amide bonds. The minimum absolute atomic E-state index is 0.197. The highest BCUT2D eigenvalue weighted by molar-refractivity contribution is 9.10. The van der Waals surface area contributed by atoms with Crippen molar-refractivity contribution in [2.45, 2.75) is 19.4 Å². The van der Waals surface area contributed by atoms with E-state index in [1.54, 1.807) is 0 Å². The van der Waals surface area contributed by atoms with E-state index in [4.69, 9.17) is 15.2 Å². The largest absolute Gasteiger partial charge is 0.490 e. The second kappa shape index (κ2) is 6.08. The molecule has 110 valence electrons. The lowest BCUT2D eigenvalue weighted by Gasteiger charge is -2.17. The lowest BCUT2D eigenvalue weighted by atomic mass is 9.98. The zero-order chi connectivity index (χ0) is 14.8. The monoisotopic (exact) mass is 347 g/mol. The first-order valence-electron chi connectivity index (χ1n) is 7.06. The quantitative estimate of drug-likeness (QED) is 0.893. The van der Waals surface area contributed by atoms with E-state index in [-0.39, 0.29) is 6.04 Å². The zero-order valence-corrected chi connectivity index (χ0v) is 13.5. The number of hydrogen-bond acceptors (Lipinski definition) is 3. The summed E-state index contributed by atoms with van der Waals surface area (Å²) < 4.78 is 12.4. The molecule has 1 atom stereocenters. The summed E-state index contributed by atoms with van der Waals surface area (Å²) in [5.41, 5.74) is 9.70. The van der Waals surface area contributed by atoms with Crippen molar-refractivity contribution in [3.63, 3.8) is 0 Å². The van der Waals surface area contributed by atoms with E-state index < -0.39 is 0 Å². The molecule has 0 fully saturated rings. The van der Waals surface area contributed by atoms with Crippen LogP contribution in [0.2, 0.25) is 0 Å². The van der Waals surface area contributed by atoms with Gasteiger partial charge in [0, 0.05) is 10.9 Å². The van der Waals surface area contributed by atoms with Gasteiger partial charge in [-0.2, -0.15) is 0 Å². The van der Waals surface area contributed by atoms with Gasteiger partial charge in [0.25, 0.3) is 0 Å². The minimum atomic E-state index is -0.197. The predicted molar refractivity (Wildman–Crippen MR) is 87.0 cm³/mol. The zero-order valence-electron chi connectivity index (χ0n) is 11.9. The number of fused-ring (bicyclic) bond motifs is 1. The van der Waals surface area contributed by atoms with Gasteiger partial charge in [-0.3, -0.25) is 0 Å². The maximum absolute atomic E-state index is 6.41. The van der Waals surface area contributed by atoms with E-state index in [0.717, 1.165) is 33.5 Å². The van der Waals surface area contributed by atoms with Crippen LogP contribution in [0.3, 0.4) is 0 Å². The molecule has 1 aliphatic heterocycles. The molecule has 2 aromatic rings. The normalized spacial score (nSPS) is 15.4. The first-order valence-corrected chi connectivity index (χ1v) is 7.85. The van der Waals surface area contributed by atoms with Gasteiger partial charge in [-0.25, -0.2) is 0 Å². The van der Waals surface area contributed by atoms with Gasteiger partial charge < -0.3 is 15.2 Å². The van der Waals surface area contributed by atoms with Crippen LogP contribution in [0.25, 0.3) is 0 Å². The van der Waals surface area contributed by atoms with Crippen molar-refractivity contribution in [3.8, 4) is 11.5 Å². The van der Waals surface area contributed by atoms with Crippen LogP contribution in [0.4, 0.5) is 0 Å². The second-order valence-electron chi connectivity index (χ2n) is 5.26. The summed E-state index contributed by atoms with van der Waals surface area (Å²) >= 11 is 3.60. The van der Waals surface area contributed by atoms with Crippen LogP contribution >= 0.6 is 15.9 Å². The van der Waals surface area contributed by atoms with Gasteiger partial charge in [0.05, 0.1) is 19.3 Å². The molecule has 2 aromatic carbocycles. The van der Waals surface area contributed by atoms with E-state index >= 15 is 0 Å². The molecule has 2 N–H and O–H groups in total. The fraction of sp³-hybridized carbons (Fsp3) is 0.294. The third kappa shape index (κ3) is 3.06. The van der Waals surface area contributed by atoms with Crippen LogP contribution in [-0.2, 0) is 0 Å². The smallest absolute Gasteiger partial charge is 0.161 e. The summed E-state index contributed by atoms with van der Waals surface area (Å²) in [7, 11) is 0. The van der Waals surface area contributed by atoms with E-state index in [1.165, 1.54) is 5.56 Å². The average molecular weight is 348 g/mol. The number of benzene rings is 2. The van der Waals surface area contributed by atoms with Crippen LogP contribution in [0.15, 0.2) is 40.9 Å². The highest BCUT2D eigenvalue weighted by Crippen LogP contribution is 2.35. The third-order valence-corrected chi connectivity index (χ3v) is 4.31. The summed E-state index contributed by atoms with van der Waals surface area (Å²) in [6.07, 6.45) is 0.902. The van der Waals surface area contributed by atoms with E-state index in [2.05, 4.69) is 41.1 Å². The maximum atomic E-state index is 6.41. The number of halogens is 1. The Kier molecular flexibility index (Phi) is 4.17. The Balaban J connectivity index is 1.94. The van der Waals surface area contributed by atoms with E-state index in [9.17, 15) is 0 Å². The molecule has 3 rings (SSSR count). The fourth-order valence-corrected chi connectivity index (χ4v) is 3.18. The molecular formula is C17H18BrNO2. The van der Waals surface area contributed by atoms with Gasteiger partial charge in [0.1, 0.15) is 0 Å². The van der Waals surface area contributed by atoms with Crippen molar-refractivity contribution in [1.82, 2.24) is 0 Å². The van der Waals surface area contributed by atoms with Crippen LogP contribution < -0.4 is 15.2 Å². The molecule has 0 bridgehead atoms. The molecule has 4 heteroatoms. The Morgan fingerprint density at radius 3 is 2.57 bits per heavy atom. The molecule has 1 aliphatic rings. The van der Waals surface area contributed by atoms with Crippen molar-refractivity contribution in [2.75, 3.05) is 13.2 Å². The van der Waals surface area contributed by atoms with Gasteiger partial charge in [0.2, 0.25) is 0 Å². The summed E-state index contributed by atoms with van der Waals surface area (Å²) in [6, 6.07) is 12.0. The minimum Gasteiger partial charge on any atom is -0.490 e. The molecule has 21 heavy (non-hydrogen) atoms. The Hall–Kier alpha value is -1.52. The number of hydrogen-bond donors (Lipinski definition) is 1. The number of nitrogens with two attached hydrogens (primary N) is 1. The second-order valence-corrected chi connectivity index (χ2v) is 6.11. The SMILES string of the molecule is Cc1ccc(C(N)c2ccc3c(c2)OCCCO3)c(Br)c1. The summed E-state index contributed by atoms with van der Waals surface area (Å²) in [4.78, 5) is 0. The van der Waals surface area contributed by atoms with Crippen molar-refractivity contribution in [2.24, 2.45) is 5.73 Å². The van der Waals surface area contributed by atoms with Crippen molar-refractivity contribution in [1.29, 1.82) is 0 Å². The summed E-state index contributed by atoms with van der Waals surface area (Å²) in [5, 5.41) is 0. The van der Waals surface area contributed by atoms with Gasteiger partial charge in [-0.15, -0.1) is 0 Å². The molecule has 0 saturated heterocycles. The van der Waals surface area contributed by atoms with Gasteiger partial charge in [0.15, 0.2) is 11.5 Å². The lowest BCUT2D eigenvalue weighted by molar-refractivity contribution is 0.297. The molecule has 0 aromatic heterocycles. The number of rotatable bonds is 2. The summed E-state index contributed by atoms with van der Waals surface area (Å²) in [5.74, 6) is 1.58. The molecule has 0 aliphatic carbocycles. The molecule has 0 spiro atoms. The number of aryl methyl sites for hydroxylation is 1. The molecule has 1 unspecified atom stereocenters. The Morgan fingerprint density at radius 1 is 1.05 bits per heavy atom. The highest BCUT2D eigenvalue weighted by atomic mass is 79.9. The van der Waals surface area contributed by atoms with E-state index in [0.29, 0.717) is 13.2 Å². The fourth-order valence-electron chi connectivity index (χ4n) is 2.44. The van der Waals surface area contributed by atoms with Gasteiger partial charge in [-0.1, -0.05) is 34.1 Å². The molecule has 0 saturated carbocycles. The maximum Gasteiger partial charge on any atom is 0.161 e. The van der Waals surface area contributed by atoms with Crippen LogP contribution in [0, 0.1) is 6.92 Å². The Labute approximate surface area is 133 Å². The Morgan fingerprint density at radius 2 is 1.81 bits per heavy atom. The van der Waals surface area contributed by atoms with Gasteiger partial charge >= 0.3 is 0 Å². The van der Waals surface area contributed by atoms with Gasteiger partial charge in [-0.05, 0) is 41.8 Å². The molecule has 1 heterocycles. The van der Waals surface area contributed by atoms with Crippen molar-refractivity contribution in [3.05, 3.63) is 57.6 Å². The predicted octanol–water partition coefficient (Wildman–Crippen LogP) is 3.97. The van der Waals surface area contributed by atoms with Crippen LogP contribution in [-0.4, -0.2) is 13.2 Å². The first-order chi connectivity index (χ1) is 10.1. The molecular weight excluding hydrogens is 330 g/mol. The van der Waals surface area contributed by atoms with Crippen LogP contribution in [0.1, 0.15) is 29.2 Å². The molecule has 3 nitrogen and oxygen atoms in total. The highest BCUT2D eigenvalue weighted by Gasteiger charge is 2.16. The standard InChI is InChI=1S/C17H18BrNO2/c1-11-3-5-13(14(18)9-11)17(19)12-4-6-15-16(10-12)21-8-2-7-20-15/h3-6,9-10,17H,2,7-8,19H2,1H3. The Bertz CT molecular complexity index is 657. The summed E-state index contributed by atoms with van der Waals surface area (Å²) in [6.45, 7) is 3.44. The van der Waals surface area contributed by atoms with Crippen molar-refractivity contribution >= 4 is 15.9 Å². The van der Waals surface area contributed by atoms with Crippen LogP contribution in [0.5, 0.6) is 11.5 Å². The average Bonchev–Trinajstić information content (AvgIpc) is 2.71. The van der Waals surface area contributed by atoms with Crippen molar-refractivity contribution < 1.29 is 9.47 Å². The van der Waals surface area contributed by atoms with E-state index in [1.807, 2.05) is 18.2 Å². The topological polar surface area (TPSA) is 44.5 Å². The first kappa shape index (κ1) is 14.4. The third-order valence-electron chi connectivity index (χ3n) is 3.62.